The number of carbonyl (C=O) groups excluding carboxylic acids is 2. The van der Waals surface area contributed by atoms with Gasteiger partial charge in [0.2, 0.25) is 5.91 Å². The van der Waals surface area contributed by atoms with Crippen molar-refractivity contribution in [3.63, 3.8) is 0 Å². The van der Waals surface area contributed by atoms with Gasteiger partial charge in [-0.1, -0.05) is 12.1 Å². The van der Waals surface area contributed by atoms with Crippen molar-refractivity contribution >= 4 is 28.8 Å². The third kappa shape index (κ3) is 3.64. The van der Waals surface area contributed by atoms with Crippen molar-refractivity contribution in [2.75, 3.05) is 11.4 Å². The van der Waals surface area contributed by atoms with Crippen molar-refractivity contribution in [2.24, 2.45) is 0 Å². The second-order valence-electron chi connectivity index (χ2n) is 6.45. The zero-order chi connectivity index (χ0) is 18.8. The first-order valence-electron chi connectivity index (χ1n) is 8.82. The van der Waals surface area contributed by atoms with Crippen LogP contribution in [-0.4, -0.2) is 23.3 Å². The van der Waals surface area contributed by atoms with Crippen LogP contribution in [0.2, 0.25) is 0 Å². The van der Waals surface area contributed by atoms with Crippen LogP contribution in [0.15, 0.2) is 52.5 Å². The lowest BCUT2D eigenvalue weighted by atomic mass is 10.1. The number of anilines is 1. The van der Waals surface area contributed by atoms with Gasteiger partial charge in [0.15, 0.2) is 10.8 Å². The van der Waals surface area contributed by atoms with Gasteiger partial charge in [0, 0.05) is 24.0 Å². The molecular formula is C20H19N3O3S. The molecule has 1 N–H and O–H groups in total. The summed E-state index contributed by atoms with van der Waals surface area (Å²) in [5.74, 6) is 0.561. The molecule has 1 saturated heterocycles. The van der Waals surface area contributed by atoms with Crippen LogP contribution >= 0.6 is 11.3 Å². The quantitative estimate of drug-likeness (QED) is 0.724. The summed E-state index contributed by atoms with van der Waals surface area (Å²) in [6.45, 7) is 2.67. The first-order chi connectivity index (χ1) is 13.1. The van der Waals surface area contributed by atoms with Crippen LogP contribution in [0, 0.1) is 0 Å². The fourth-order valence-corrected chi connectivity index (χ4v) is 3.89. The van der Waals surface area contributed by atoms with Crippen LogP contribution in [0.3, 0.4) is 0 Å². The Kier molecular flexibility index (Phi) is 4.77. The van der Waals surface area contributed by atoms with Crippen molar-refractivity contribution in [3.05, 3.63) is 59.3 Å². The van der Waals surface area contributed by atoms with E-state index in [-0.39, 0.29) is 17.9 Å². The number of aromatic nitrogens is 1. The fourth-order valence-electron chi connectivity index (χ4n) is 3.13. The van der Waals surface area contributed by atoms with Crippen molar-refractivity contribution in [1.29, 1.82) is 0 Å². The Hall–Kier alpha value is -2.93. The number of hydrogen-bond acceptors (Lipinski definition) is 5. The summed E-state index contributed by atoms with van der Waals surface area (Å²) < 4.78 is 5.32. The molecule has 1 fully saturated rings. The Labute approximate surface area is 160 Å². The van der Waals surface area contributed by atoms with Gasteiger partial charge in [-0.25, -0.2) is 4.98 Å². The maximum Gasteiger partial charge on any atom is 0.271 e. The van der Waals surface area contributed by atoms with Gasteiger partial charge >= 0.3 is 0 Å². The highest BCUT2D eigenvalue weighted by Gasteiger charge is 2.22. The number of nitrogens with zero attached hydrogens (tertiary/aromatic N) is 2. The summed E-state index contributed by atoms with van der Waals surface area (Å²) in [6, 6.07) is 11.1. The number of hydrogen-bond donors (Lipinski definition) is 1. The van der Waals surface area contributed by atoms with E-state index in [9.17, 15) is 9.59 Å². The van der Waals surface area contributed by atoms with Gasteiger partial charge in [-0.05, 0) is 43.2 Å². The lowest BCUT2D eigenvalue weighted by Crippen LogP contribution is -2.27. The zero-order valence-electron chi connectivity index (χ0n) is 14.8. The van der Waals surface area contributed by atoms with Crippen LogP contribution in [0.5, 0.6) is 0 Å². The molecular weight excluding hydrogens is 362 g/mol. The van der Waals surface area contributed by atoms with Crippen LogP contribution in [-0.2, 0) is 4.79 Å². The predicted molar refractivity (Wildman–Crippen MR) is 104 cm³/mol. The molecule has 3 aromatic rings. The minimum Gasteiger partial charge on any atom is -0.462 e. The van der Waals surface area contributed by atoms with E-state index >= 15 is 0 Å². The molecule has 138 valence electrons. The van der Waals surface area contributed by atoms with Gasteiger partial charge in [-0.15, -0.1) is 11.3 Å². The highest BCUT2D eigenvalue weighted by molar-refractivity contribution is 7.13. The largest absolute Gasteiger partial charge is 0.462 e. The summed E-state index contributed by atoms with van der Waals surface area (Å²) in [5.41, 5.74) is 2.19. The maximum atomic E-state index is 12.5. The molecule has 1 unspecified atom stereocenters. The average molecular weight is 381 g/mol. The van der Waals surface area contributed by atoms with Crippen LogP contribution in [0.25, 0.3) is 10.8 Å². The minimum atomic E-state index is -0.237. The SMILES string of the molecule is CC(NC(=O)c1csc(-c2ccco2)n1)c1cccc(N2CCCC2=O)c1. The number of thiazole rings is 1. The minimum absolute atomic E-state index is 0.150. The Morgan fingerprint density at radius 3 is 2.96 bits per heavy atom. The number of carbonyl (C=O) groups is 2. The number of furan rings is 1. The smallest absolute Gasteiger partial charge is 0.271 e. The molecule has 4 rings (SSSR count). The predicted octanol–water partition coefficient (Wildman–Crippen LogP) is 4.02. The molecule has 1 aliphatic heterocycles. The first-order valence-corrected chi connectivity index (χ1v) is 9.70. The van der Waals surface area contributed by atoms with E-state index in [2.05, 4.69) is 10.3 Å². The van der Waals surface area contributed by atoms with E-state index in [1.807, 2.05) is 37.3 Å². The monoisotopic (exact) mass is 381 g/mol. The molecule has 27 heavy (non-hydrogen) atoms. The van der Waals surface area contributed by atoms with E-state index in [4.69, 9.17) is 4.42 Å². The van der Waals surface area contributed by atoms with Gasteiger partial charge in [0.05, 0.1) is 12.3 Å². The van der Waals surface area contributed by atoms with Gasteiger partial charge in [-0.3, -0.25) is 9.59 Å². The number of amides is 2. The van der Waals surface area contributed by atoms with Crippen LogP contribution < -0.4 is 10.2 Å². The van der Waals surface area contributed by atoms with E-state index in [1.54, 1.807) is 22.6 Å². The fraction of sp³-hybridized carbons (Fsp3) is 0.250. The standard InChI is InChI=1S/C20H19N3O3S/c1-13(14-5-2-6-15(11-14)23-9-3-8-18(23)24)21-19(25)16-12-27-20(22-16)17-7-4-10-26-17/h2,4-7,10-13H,3,8-9H2,1H3,(H,21,25). The van der Waals surface area contributed by atoms with Gasteiger partial charge in [-0.2, -0.15) is 0 Å². The van der Waals surface area contributed by atoms with Gasteiger partial charge in [0.1, 0.15) is 5.69 Å². The summed E-state index contributed by atoms with van der Waals surface area (Å²) in [6.07, 6.45) is 3.06. The van der Waals surface area contributed by atoms with Gasteiger partial charge in [0.25, 0.3) is 5.91 Å². The molecule has 1 atom stereocenters. The van der Waals surface area contributed by atoms with Crippen molar-refractivity contribution in [3.8, 4) is 10.8 Å². The normalized spacial score (nSPS) is 15.1. The number of rotatable bonds is 5. The first kappa shape index (κ1) is 17.5. The third-order valence-electron chi connectivity index (χ3n) is 4.57. The van der Waals surface area contributed by atoms with Crippen molar-refractivity contribution < 1.29 is 14.0 Å². The van der Waals surface area contributed by atoms with Gasteiger partial charge < -0.3 is 14.6 Å². The molecule has 3 heterocycles. The molecule has 1 aliphatic rings. The second-order valence-corrected chi connectivity index (χ2v) is 7.31. The van der Waals surface area contributed by atoms with E-state index < -0.39 is 0 Å². The highest BCUT2D eigenvalue weighted by Crippen LogP contribution is 2.26. The Balaban J connectivity index is 1.46. The molecule has 7 heteroatoms. The van der Waals surface area contributed by atoms with Crippen molar-refractivity contribution in [2.45, 2.75) is 25.8 Å². The molecule has 0 bridgehead atoms. The molecule has 2 aromatic heterocycles. The molecule has 0 radical (unpaired) electrons. The van der Waals surface area contributed by atoms with Crippen LogP contribution in [0.1, 0.15) is 41.9 Å². The second kappa shape index (κ2) is 7.36. The number of benzene rings is 1. The Morgan fingerprint density at radius 2 is 2.22 bits per heavy atom. The average Bonchev–Trinajstić information content (AvgIpc) is 3.42. The lowest BCUT2D eigenvalue weighted by molar-refractivity contribution is -0.117. The lowest BCUT2D eigenvalue weighted by Gasteiger charge is -2.19. The zero-order valence-corrected chi connectivity index (χ0v) is 15.7. The molecule has 0 aliphatic carbocycles. The highest BCUT2D eigenvalue weighted by atomic mass is 32.1. The molecule has 0 spiro atoms. The third-order valence-corrected chi connectivity index (χ3v) is 5.43. The van der Waals surface area contributed by atoms with Crippen LogP contribution in [0.4, 0.5) is 5.69 Å². The molecule has 6 nitrogen and oxygen atoms in total. The number of nitrogens with one attached hydrogen (secondary N) is 1. The Morgan fingerprint density at radius 1 is 1.33 bits per heavy atom. The van der Waals surface area contributed by atoms with E-state index in [1.165, 1.54) is 11.3 Å². The Bertz CT molecular complexity index is 965. The molecule has 2 amide bonds. The van der Waals surface area contributed by atoms with E-state index in [0.29, 0.717) is 22.9 Å². The summed E-state index contributed by atoms with van der Waals surface area (Å²) in [7, 11) is 0. The topological polar surface area (TPSA) is 75.4 Å². The van der Waals surface area contributed by atoms with Crippen molar-refractivity contribution in [1.82, 2.24) is 10.3 Å². The summed E-state index contributed by atoms with van der Waals surface area (Å²) >= 11 is 1.37. The molecule has 0 saturated carbocycles. The molecule has 1 aromatic carbocycles. The maximum absolute atomic E-state index is 12.5. The summed E-state index contributed by atoms with van der Waals surface area (Å²) in [4.78, 5) is 30.7. The summed E-state index contributed by atoms with van der Waals surface area (Å²) in [5, 5.41) is 5.37. The van der Waals surface area contributed by atoms with E-state index in [0.717, 1.165) is 24.2 Å².